The Hall–Kier alpha value is -2.39. The minimum absolute atomic E-state index is 0.287. The summed E-state index contributed by atoms with van der Waals surface area (Å²) in [7, 11) is -2.25. The van der Waals surface area contributed by atoms with Crippen molar-refractivity contribution in [3.8, 4) is 6.07 Å². The fourth-order valence-corrected chi connectivity index (χ4v) is 3.14. The molecule has 0 aliphatic carbocycles. The molecule has 6 heteroatoms. The summed E-state index contributed by atoms with van der Waals surface area (Å²) in [4.78, 5) is 0. The Morgan fingerprint density at radius 2 is 1.76 bits per heavy atom. The van der Waals surface area contributed by atoms with Crippen molar-refractivity contribution in [2.24, 2.45) is 0 Å². The summed E-state index contributed by atoms with van der Waals surface area (Å²) in [6.45, 7) is 0. The SMILES string of the molecule is CN(c1ccc(F)cc1)S(=O)(=O)Cc1ccccc1C#N. The first-order valence-electron chi connectivity index (χ1n) is 6.14. The Kier molecular flexibility index (Phi) is 4.24. The number of anilines is 1. The van der Waals surface area contributed by atoms with Gasteiger partial charge < -0.3 is 0 Å². The molecule has 0 saturated carbocycles. The molecule has 21 heavy (non-hydrogen) atoms. The van der Waals surface area contributed by atoms with E-state index in [0.717, 1.165) is 4.31 Å². The van der Waals surface area contributed by atoms with Gasteiger partial charge in [-0.1, -0.05) is 18.2 Å². The maximum atomic E-state index is 12.9. The third kappa shape index (κ3) is 3.38. The molecule has 2 aromatic carbocycles. The molecule has 0 fully saturated rings. The minimum Gasteiger partial charge on any atom is -0.273 e. The number of nitriles is 1. The van der Waals surface area contributed by atoms with Gasteiger partial charge in [0.25, 0.3) is 0 Å². The van der Waals surface area contributed by atoms with Gasteiger partial charge in [-0.3, -0.25) is 4.31 Å². The van der Waals surface area contributed by atoms with Gasteiger partial charge in [-0.15, -0.1) is 0 Å². The molecule has 0 heterocycles. The van der Waals surface area contributed by atoms with Crippen molar-refractivity contribution in [1.29, 1.82) is 5.26 Å². The Morgan fingerprint density at radius 3 is 2.38 bits per heavy atom. The Bertz CT molecular complexity index is 780. The summed E-state index contributed by atoms with van der Waals surface area (Å²) < 4.78 is 38.7. The van der Waals surface area contributed by atoms with Gasteiger partial charge in [0.05, 0.1) is 23.1 Å². The second-order valence-electron chi connectivity index (χ2n) is 4.47. The lowest BCUT2D eigenvalue weighted by atomic mass is 10.1. The quantitative estimate of drug-likeness (QED) is 0.872. The number of halogens is 1. The number of hydrogen-bond donors (Lipinski definition) is 0. The Morgan fingerprint density at radius 1 is 1.14 bits per heavy atom. The average molecular weight is 304 g/mol. The summed E-state index contributed by atoms with van der Waals surface area (Å²) in [5.41, 5.74) is 1.13. The van der Waals surface area contributed by atoms with E-state index in [1.807, 2.05) is 6.07 Å². The smallest absolute Gasteiger partial charge is 0.239 e. The maximum Gasteiger partial charge on any atom is 0.239 e. The number of hydrogen-bond acceptors (Lipinski definition) is 3. The highest BCUT2D eigenvalue weighted by Crippen LogP contribution is 2.20. The van der Waals surface area contributed by atoms with E-state index in [-0.39, 0.29) is 5.75 Å². The first-order chi connectivity index (χ1) is 9.94. The van der Waals surface area contributed by atoms with Crippen LogP contribution in [0.15, 0.2) is 48.5 Å². The van der Waals surface area contributed by atoms with Gasteiger partial charge >= 0.3 is 0 Å². The van der Waals surface area contributed by atoms with E-state index >= 15 is 0 Å². The van der Waals surface area contributed by atoms with Crippen LogP contribution in [0.2, 0.25) is 0 Å². The van der Waals surface area contributed by atoms with E-state index in [1.54, 1.807) is 24.3 Å². The second-order valence-corrected chi connectivity index (χ2v) is 6.47. The van der Waals surface area contributed by atoms with Gasteiger partial charge in [0.15, 0.2) is 0 Å². The van der Waals surface area contributed by atoms with E-state index < -0.39 is 15.8 Å². The number of rotatable bonds is 4. The average Bonchev–Trinajstić information content (AvgIpc) is 2.47. The van der Waals surface area contributed by atoms with Crippen LogP contribution in [0.5, 0.6) is 0 Å². The van der Waals surface area contributed by atoms with Crippen molar-refractivity contribution in [1.82, 2.24) is 0 Å². The molecule has 0 saturated heterocycles. The predicted octanol–water partition coefficient (Wildman–Crippen LogP) is 2.66. The van der Waals surface area contributed by atoms with Crippen LogP contribution >= 0.6 is 0 Å². The molecular formula is C15H13FN2O2S. The molecule has 0 atom stereocenters. The number of nitrogens with zero attached hydrogens (tertiary/aromatic N) is 2. The van der Waals surface area contributed by atoms with Gasteiger partial charge in [-0.05, 0) is 35.9 Å². The highest BCUT2D eigenvalue weighted by Gasteiger charge is 2.20. The van der Waals surface area contributed by atoms with E-state index in [1.165, 1.54) is 31.3 Å². The fraction of sp³-hybridized carbons (Fsp3) is 0.133. The van der Waals surface area contributed by atoms with E-state index in [2.05, 4.69) is 0 Å². The topological polar surface area (TPSA) is 61.2 Å². The summed E-state index contributed by atoms with van der Waals surface area (Å²) in [6, 6.07) is 13.7. The standard InChI is InChI=1S/C15H13FN2O2S/c1-18(15-8-6-14(16)7-9-15)21(19,20)11-13-5-3-2-4-12(13)10-17/h2-9H,11H2,1H3. The van der Waals surface area contributed by atoms with Crippen molar-refractivity contribution in [2.75, 3.05) is 11.4 Å². The molecule has 0 aliphatic heterocycles. The summed E-state index contributed by atoms with van der Waals surface area (Å²) in [6.07, 6.45) is 0. The van der Waals surface area contributed by atoms with E-state index in [9.17, 15) is 12.8 Å². The molecule has 0 amide bonds. The normalized spacial score (nSPS) is 10.9. The van der Waals surface area contributed by atoms with Crippen molar-refractivity contribution in [2.45, 2.75) is 5.75 Å². The van der Waals surface area contributed by atoms with E-state index in [4.69, 9.17) is 5.26 Å². The van der Waals surface area contributed by atoms with Gasteiger partial charge in [0, 0.05) is 7.05 Å². The van der Waals surface area contributed by atoms with Crippen LogP contribution in [0.1, 0.15) is 11.1 Å². The first kappa shape index (κ1) is 15.0. The van der Waals surface area contributed by atoms with Crippen molar-refractivity contribution < 1.29 is 12.8 Å². The van der Waals surface area contributed by atoms with Crippen molar-refractivity contribution in [3.05, 3.63) is 65.5 Å². The van der Waals surface area contributed by atoms with Crippen LogP contribution in [0, 0.1) is 17.1 Å². The van der Waals surface area contributed by atoms with E-state index in [0.29, 0.717) is 16.8 Å². The van der Waals surface area contributed by atoms with Gasteiger partial charge in [-0.2, -0.15) is 5.26 Å². The van der Waals surface area contributed by atoms with Gasteiger partial charge in [-0.25, -0.2) is 12.8 Å². The largest absolute Gasteiger partial charge is 0.273 e. The lowest BCUT2D eigenvalue weighted by Crippen LogP contribution is -2.28. The Balaban J connectivity index is 2.30. The van der Waals surface area contributed by atoms with Crippen LogP contribution in [0.3, 0.4) is 0 Å². The molecule has 0 spiro atoms. The molecule has 0 aliphatic rings. The van der Waals surface area contributed by atoms with Crippen LogP contribution in [-0.2, 0) is 15.8 Å². The second kappa shape index (κ2) is 5.94. The molecule has 0 aromatic heterocycles. The third-order valence-corrected chi connectivity index (χ3v) is 4.80. The fourth-order valence-electron chi connectivity index (χ4n) is 1.86. The number of benzene rings is 2. The summed E-state index contributed by atoms with van der Waals surface area (Å²) in [5.74, 6) is -0.718. The van der Waals surface area contributed by atoms with Crippen LogP contribution < -0.4 is 4.31 Å². The Labute approximate surface area is 123 Å². The molecule has 0 unspecified atom stereocenters. The summed E-state index contributed by atoms with van der Waals surface area (Å²) >= 11 is 0. The van der Waals surface area contributed by atoms with Gasteiger partial charge in [0.2, 0.25) is 10.0 Å². The van der Waals surface area contributed by atoms with Gasteiger partial charge in [0.1, 0.15) is 5.82 Å². The highest BCUT2D eigenvalue weighted by molar-refractivity contribution is 7.92. The zero-order valence-electron chi connectivity index (χ0n) is 11.3. The monoisotopic (exact) mass is 304 g/mol. The molecule has 0 N–H and O–H groups in total. The third-order valence-electron chi connectivity index (χ3n) is 3.08. The molecule has 2 aromatic rings. The van der Waals surface area contributed by atoms with Crippen LogP contribution in [-0.4, -0.2) is 15.5 Å². The minimum atomic E-state index is -3.65. The molecule has 108 valence electrons. The molecule has 0 bridgehead atoms. The van der Waals surface area contributed by atoms with Crippen LogP contribution in [0.4, 0.5) is 10.1 Å². The zero-order chi connectivity index (χ0) is 15.5. The maximum absolute atomic E-state index is 12.9. The first-order valence-corrected chi connectivity index (χ1v) is 7.75. The lowest BCUT2D eigenvalue weighted by Gasteiger charge is -2.19. The molecular weight excluding hydrogens is 291 g/mol. The molecule has 4 nitrogen and oxygen atoms in total. The van der Waals surface area contributed by atoms with Crippen molar-refractivity contribution >= 4 is 15.7 Å². The molecule has 2 rings (SSSR count). The van der Waals surface area contributed by atoms with Crippen LogP contribution in [0.25, 0.3) is 0 Å². The lowest BCUT2D eigenvalue weighted by molar-refractivity contribution is 0.593. The zero-order valence-corrected chi connectivity index (χ0v) is 12.1. The predicted molar refractivity (Wildman–Crippen MR) is 78.6 cm³/mol. The molecule has 0 radical (unpaired) electrons. The summed E-state index contributed by atoms with van der Waals surface area (Å²) in [5, 5.41) is 9.00. The number of sulfonamides is 1. The van der Waals surface area contributed by atoms with Crippen molar-refractivity contribution in [3.63, 3.8) is 0 Å². The highest BCUT2D eigenvalue weighted by atomic mass is 32.2.